The van der Waals surface area contributed by atoms with Crippen LogP contribution < -0.4 is 5.63 Å². The van der Waals surface area contributed by atoms with Crippen LogP contribution in [0.4, 0.5) is 0 Å². The van der Waals surface area contributed by atoms with Crippen LogP contribution in [-0.4, -0.2) is 16.8 Å². The Balaban J connectivity index is 1.84. The number of nitrogens with one attached hydrogen (secondary N) is 1. The molecule has 3 aromatic rings. The van der Waals surface area contributed by atoms with E-state index in [2.05, 4.69) is 10.3 Å². The average molecular weight is 332 g/mol. The number of aromatic amines is 1. The molecule has 1 aromatic heterocycles. The zero-order valence-corrected chi connectivity index (χ0v) is 12.9. The Kier molecular flexibility index (Phi) is 3.63. The molecule has 0 saturated heterocycles. The normalized spacial score (nSPS) is 15.3. The van der Waals surface area contributed by atoms with E-state index in [1.807, 2.05) is 60.7 Å². The van der Waals surface area contributed by atoms with E-state index < -0.39 is 11.6 Å². The van der Waals surface area contributed by atoms with Crippen LogP contribution in [0.25, 0.3) is 17.3 Å². The topological polar surface area (TPSA) is 84.7 Å². The molecule has 6 nitrogen and oxygen atoms in total. The number of carbonyl (C=O) groups is 1. The predicted molar refractivity (Wildman–Crippen MR) is 91.8 cm³/mol. The van der Waals surface area contributed by atoms with Gasteiger partial charge in [-0.25, -0.2) is 14.7 Å². The van der Waals surface area contributed by atoms with E-state index in [0.29, 0.717) is 11.4 Å². The SMILES string of the molecule is O=C1ON=C(c2ccccc2)C1=Cc1c(-c2ccccc2)[nH]oc1=O. The van der Waals surface area contributed by atoms with Gasteiger partial charge in [0.05, 0.1) is 16.8 Å². The summed E-state index contributed by atoms with van der Waals surface area (Å²) in [5.41, 5.74) is 2.23. The molecule has 0 radical (unpaired) electrons. The fourth-order valence-electron chi connectivity index (χ4n) is 2.62. The van der Waals surface area contributed by atoms with Crippen LogP contribution in [0.2, 0.25) is 0 Å². The number of oxime groups is 1. The number of nitrogens with zero attached hydrogens (tertiary/aromatic N) is 1. The van der Waals surface area contributed by atoms with Crippen molar-refractivity contribution in [3.8, 4) is 11.3 Å². The van der Waals surface area contributed by atoms with Gasteiger partial charge in [-0.2, -0.15) is 0 Å². The van der Waals surface area contributed by atoms with Gasteiger partial charge in [0.1, 0.15) is 5.71 Å². The van der Waals surface area contributed by atoms with Crippen LogP contribution in [0.1, 0.15) is 11.1 Å². The van der Waals surface area contributed by atoms with E-state index in [4.69, 9.17) is 9.36 Å². The summed E-state index contributed by atoms with van der Waals surface area (Å²) in [4.78, 5) is 29.0. The fraction of sp³-hybridized carbons (Fsp3) is 0. The van der Waals surface area contributed by atoms with Gasteiger partial charge >= 0.3 is 11.6 Å². The first-order valence-corrected chi connectivity index (χ1v) is 7.58. The molecular weight excluding hydrogens is 320 g/mol. The Hall–Kier alpha value is -3.67. The number of benzene rings is 2. The molecule has 1 N–H and O–H groups in total. The summed E-state index contributed by atoms with van der Waals surface area (Å²) >= 11 is 0. The first-order valence-electron chi connectivity index (χ1n) is 7.58. The van der Waals surface area contributed by atoms with Crippen molar-refractivity contribution in [2.24, 2.45) is 5.16 Å². The van der Waals surface area contributed by atoms with Crippen molar-refractivity contribution in [3.63, 3.8) is 0 Å². The second-order valence-electron chi connectivity index (χ2n) is 5.39. The van der Waals surface area contributed by atoms with E-state index in [9.17, 15) is 9.59 Å². The van der Waals surface area contributed by atoms with Crippen LogP contribution >= 0.6 is 0 Å². The summed E-state index contributed by atoms with van der Waals surface area (Å²) in [6.45, 7) is 0. The first-order chi connectivity index (χ1) is 12.2. The Bertz CT molecular complexity index is 1040. The highest BCUT2D eigenvalue weighted by Crippen LogP contribution is 2.25. The minimum Gasteiger partial charge on any atom is -0.338 e. The first kappa shape index (κ1) is 14.9. The van der Waals surface area contributed by atoms with E-state index >= 15 is 0 Å². The minimum atomic E-state index is -0.613. The van der Waals surface area contributed by atoms with Crippen LogP contribution in [0.15, 0.2) is 80.7 Å². The zero-order valence-electron chi connectivity index (χ0n) is 12.9. The van der Waals surface area contributed by atoms with Gasteiger partial charge < -0.3 is 9.36 Å². The molecule has 0 saturated carbocycles. The molecule has 122 valence electrons. The Morgan fingerprint density at radius 1 is 0.880 bits per heavy atom. The number of H-pyrrole nitrogens is 1. The molecule has 0 spiro atoms. The lowest BCUT2D eigenvalue weighted by molar-refractivity contribution is -0.136. The zero-order chi connectivity index (χ0) is 17.2. The number of carbonyl (C=O) groups excluding carboxylic acids is 1. The van der Waals surface area contributed by atoms with Gasteiger partial charge in [0.2, 0.25) is 0 Å². The van der Waals surface area contributed by atoms with Crippen LogP contribution in [-0.2, 0) is 9.63 Å². The monoisotopic (exact) mass is 332 g/mol. The highest BCUT2D eigenvalue weighted by molar-refractivity contribution is 6.31. The molecule has 0 unspecified atom stereocenters. The number of hydrogen-bond acceptors (Lipinski definition) is 5. The van der Waals surface area contributed by atoms with E-state index in [1.54, 1.807) is 0 Å². The third-order valence-electron chi connectivity index (χ3n) is 3.83. The van der Waals surface area contributed by atoms with E-state index in [1.165, 1.54) is 6.08 Å². The summed E-state index contributed by atoms with van der Waals surface area (Å²) in [5, 5.41) is 6.45. The maximum atomic E-state index is 12.1. The van der Waals surface area contributed by atoms with Crippen molar-refractivity contribution in [3.05, 3.63) is 87.8 Å². The molecule has 6 heteroatoms. The lowest BCUT2D eigenvalue weighted by atomic mass is 9.99. The van der Waals surface area contributed by atoms with Crippen LogP contribution in [0, 0.1) is 0 Å². The van der Waals surface area contributed by atoms with Gasteiger partial charge in [0.25, 0.3) is 0 Å². The molecule has 25 heavy (non-hydrogen) atoms. The van der Waals surface area contributed by atoms with Gasteiger partial charge in [-0.05, 0) is 6.08 Å². The standard InChI is InChI=1S/C19H12N2O4/c22-18-14(16(20-24-18)12-7-3-1-4-8-12)11-15-17(21-25-19(15)23)13-9-5-2-6-10-13/h1-11,20H. The van der Waals surface area contributed by atoms with Gasteiger partial charge in [-0.1, -0.05) is 65.8 Å². The molecule has 0 atom stereocenters. The summed E-state index contributed by atoms with van der Waals surface area (Å²) in [7, 11) is 0. The van der Waals surface area contributed by atoms with Crippen molar-refractivity contribution in [2.45, 2.75) is 0 Å². The molecule has 1 aliphatic rings. The second-order valence-corrected chi connectivity index (χ2v) is 5.39. The molecule has 4 rings (SSSR count). The van der Waals surface area contributed by atoms with Crippen LogP contribution in [0.3, 0.4) is 0 Å². The fourth-order valence-corrected chi connectivity index (χ4v) is 2.62. The lowest BCUT2D eigenvalue weighted by Crippen LogP contribution is -2.08. The largest absolute Gasteiger partial charge is 0.368 e. The predicted octanol–water partition coefficient (Wildman–Crippen LogP) is 2.98. The molecule has 1 aliphatic heterocycles. The molecule has 0 amide bonds. The average Bonchev–Trinajstić information content (AvgIpc) is 3.21. The lowest BCUT2D eigenvalue weighted by Gasteiger charge is -2.01. The van der Waals surface area contributed by atoms with Crippen molar-refractivity contribution in [1.82, 2.24) is 5.16 Å². The highest BCUT2D eigenvalue weighted by Gasteiger charge is 2.28. The Morgan fingerprint density at radius 3 is 2.20 bits per heavy atom. The smallest absolute Gasteiger partial charge is 0.338 e. The van der Waals surface area contributed by atoms with Gasteiger partial charge in [0.15, 0.2) is 0 Å². The maximum Gasteiger partial charge on any atom is 0.368 e. The van der Waals surface area contributed by atoms with Gasteiger partial charge in [-0.15, -0.1) is 0 Å². The van der Waals surface area contributed by atoms with Crippen molar-refractivity contribution in [2.75, 3.05) is 0 Å². The number of hydrogen-bond donors (Lipinski definition) is 1. The third kappa shape index (κ3) is 2.70. The number of aromatic nitrogens is 1. The minimum absolute atomic E-state index is 0.204. The Morgan fingerprint density at radius 2 is 1.52 bits per heavy atom. The molecule has 0 aliphatic carbocycles. The molecule has 0 bridgehead atoms. The molecular formula is C19H12N2O4. The Labute approximate surface area is 142 Å². The van der Waals surface area contributed by atoms with Gasteiger partial charge in [0, 0.05) is 11.1 Å². The third-order valence-corrected chi connectivity index (χ3v) is 3.83. The van der Waals surface area contributed by atoms with Crippen molar-refractivity contribution in [1.29, 1.82) is 0 Å². The summed E-state index contributed by atoms with van der Waals surface area (Å²) < 4.78 is 4.92. The molecule has 2 heterocycles. The summed E-state index contributed by atoms with van der Waals surface area (Å²) in [6, 6.07) is 18.4. The van der Waals surface area contributed by atoms with Crippen molar-refractivity contribution < 1.29 is 14.2 Å². The molecule has 2 aromatic carbocycles. The second kappa shape index (κ2) is 6.09. The van der Waals surface area contributed by atoms with Gasteiger partial charge in [-0.3, -0.25) is 0 Å². The quantitative estimate of drug-likeness (QED) is 0.590. The highest BCUT2D eigenvalue weighted by atomic mass is 16.7. The van der Waals surface area contributed by atoms with E-state index in [-0.39, 0.29) is 11.1 Å². The summed E-state index contributed by atoms with van der Waals surface area (Å²) in [5.74, 6) is -0.613. The maximum absolute atomic E-state index is 12.1. The van der Waals surface area contributed by atoms with Crippen LogP contribution in [0.5, 0.6) is 0 Å². The van der Waals surface area contributed by atoms with Crippen molar-refractivity contribution >= 4 is 17.8 Å². The number of rotatable bonds is 3. The van der Waals surface area contributed by atoms with E-state index in [0.717, 1.165) is 11.1 Å². The summed E-state index contributed by atoms with van der Waals surface area (Å²) in [6.07, 6.45) is 1.45. The molecule has 0 fully saturated rings.